The maximum absolute atomic E-state index is 13.1. The normalized spacial score (nSPS) is 10.4. The Morgan fingerprint density at radius 2 is 1.89 bits per heavy atom. The molecular weight excluding hydrogens is 304 g/mol. The van der Waals surface area contributed by atoms with Crippen LogP contribution in [0.4, 0.5) is 8.78 Å². The first kappa shape index (κ1) is 13.0. The molecule has 0 bridgehead atoms. The average Bonchev–Trinajstić information content (AvgIpc) is 2.34. The third kappa shape index (κ3) is 2.68. The zero-order valence-corrected chi connectivity index (χ0v) is 10.9. The second-order valence-corrected chi connectivity index (χ2v) is 4.45. The van der Waals surface area contributed by atoms with Crippen molar-refractivity contribution in [3.8, 4) is 11.5 Å². The van der Waals surface area contributed by atoms with Crippen LogP contribution >= 0.6 is 15.9 Å². The van der Waals surface area contributed by atoms with Crippen LogP contribution in [-0.4, -0.2) is 0 Å². The van der Waals surface area contributed by atoms with Gasteiger partial charge in [0.05, 0.1) is 0 Å². The van der Waals surface area contributed by atoms with Crippen molar-refractivity contribution in [1.29, 1.82) is 0 Å². The van der Waals surface area contributed by atoms with Gasteiger partial charge in [0.2, 0.25) is 0 Å². The van der Waals surface area contributed by atoms with E-state index in [0.717, 1.165) is 22.2 Å². The molecule has 0 amide bonds. The van der Waals surface area contributed by atoms with E-state index >= 15 is 0 Å². The third-order valence-electron chi connectivity index (χ3n) is 2.40. The molecular formula is C13H10BrF2NO. The van der Waals surface area contributed by atoms with E-state index in [4.69, 9.17) is 10.5 Å². The van der Waals surface area contributed by atoms with Gasteiger partial charge in [-0.3, -0.25) is 0 Å². The van der Waals surface area contributed by atoms with E-state index in [-0.39, 0.29) is 12.3 Å². The Hall–Kier alpha value is -1.46. The standard InChI is InChI=1S/C13H10BrF2NO/c14-10-2-1-3-13(9(10)7-17)18-8-4-5-11(15)12(16)6-8/h1-6H,7,17H2. The monoisotopic (exact) mass is 313 g/mol. The molecule has 0 aliphatic heterocycles. The summed E-state index contributed by atoms with van der Waals surface area (Å²) < 4.78 is 32.2. The van der Waals surface area contributed by atoms with Gasteiger partial charge < -0.3 is 10.5 Å². The van der Waals surface area contributed by atoms with Crippen molar-refractivity contribution in [3.05, 3.63) is 58.1 Å². The molecule has 2 aromatic carbocycles. The quantitative estimate of drug-likeness (QED) is 0.930. The van der Waals surface area contributed by atoms with Crippen LogP contribution in [0.25, 0.3) is 0 Å². The summed E-state index contributed by atoms with van der Waals surface area (Å²) in [4.78, 5) is 0. The van der Waals surface area contributed by atoms with Crippen LogP contribution in [0.5, 0.6) is 11.5 Å². The summed E-state index contributed by atoms with van der Waals surface area (Å²) in [5.41, 5.74) is 6.38. The van der Waals surface area contributed by atoms with Gasteiger partial charge in [0.15, 0.2) is 11.6 Å². The molecule has 2 N–H and O–H groups in total. The van der Waals surface area contributed by atoms with Crippen LogP contribution < -0.4 is 10.5 Å². The fraction of sp³-hybridized carbons (Fsp3) is 0.0769. The lowest BCUT2D eigenvalue weighted by molar-refractivity contribution is 0.457. The Bertz CT molecular complexity index is 575. The predicted molar refractivity (Wildman–Crippen MR) is 68.5 cm³/mol. The van der Waals surface area contributed by atoms with E-state index in [0.29, 0.717) is 5.75 Å². The van der Waals surface area contributed by atoms with Gasteiger partial charge in [-0.05, 0) is 24.3 Å². The van der Waals surface area contributed by atoms with E-state index < -0.39 is 11.6 Å². The van der Waals surface area contributed by atoms with Gasteiger partial charge in [-0.15, -0.1) is 0 Å². The smallest absolute Gasteiger partial charge is 0.162 e. The van der Waals surface area contributed by atoms with Crippen molar-refractivity contribution in [2.45, 2.75) is 6.54 Å². The topological polar surface area (TPSA) is 35.2 Å². The average molecular weight is 314 g/mol. The molecule has 0 unspecified atom stereocenters. The van der Waals surface area contributed by atoms with E-state index in [1.54, 1.807) is 12.1 Å². The van der Waals surface area contributed by atoms with E-state index in [1.807, 2.05) is 6.07 Å². The second kappa shape index (κ2) is 5.46. The van der Waals surface area contributed by atoms with Crippen molar-refractivity contribution in [2.24, 2.45) is 5.73 Å². The first-order valence-electron chi connectivity index (χ1n) is 5.22. The van der Waals surface area contributed by atoms with Gasteiger partial charge in [0, 0.05) is 22.6 Å². The van der Waals surface area contributed by atoms with E-state index in [9.17, 15) is 8.78 Å². The Morgan fingerprint density at radius 1 is 1.11 bits per heavy atom. The number of hydrogen-bond acceptors (Lipinski definition) is 2. The van der Waals surface area contributed by atoms with Crippen molar-refractivity contribution >= 4 is 15.9 Å². The molecule has 0 saturated heterocycles. The van der Waals surface area contributed by atoms with Crippen LogP contribution in [0.1, 0.15) is 5.56 Å². The molecule has 0 aliphatic rings. The second-order valence-electron chi connectivity index (χ2n) is 3.60. The molecule has 94 valence electrons. The van der Waals surface area contributed by atoms with Gasteiger partial charge in [-0.25, -0.2) is 8.78 Å². The largest absolute Gasteiger partial charge is 0.457 e. The molecule has 18 heavy (non-hydrogen) atoms. The molecule has 0 saturated carbocycles. The van der Waals surface area contributed by atoms with Crippen LogP contribution in [0.15, 0.2) is 40.9 Å². The number of halogens is 3. The molecule has 2 nitrogen and oxygen atoms in total. The fourth-order valence-corrected chi connectivity index (χ4v) is 2.01. The third-order valence-corrected chi connectivity index (χ3v) is 3.14. The maximum atomic E-state index is 13.1. The van der Waals surface area contributed by atoms with Gasteiger partial charge in [0.25, 0.3) is 0 Å². The molecule has 0 radical (unpaired) electrons. The summed E-state index contributed by atoms with van der Waals surface area (Å²) in [5, 5.41) is 0. The van der Waals surface area contributed by atoms with Gasteiger partial charge >= 0.3 is 0 Å². The predicted octanol–water partition coefficient (Wildman–Crippen LogP) is 3.98. The van der Waals surface area contributed by atoms with Gasteiger partial charge in [0.1, 0.15) is 11.5 Å². The van der Waals surface area contributed by atoms with Gasteiger partial charge in [-0.1, -0.05) is 22.0 Å². The molecule has 0 spiro atoms. The Labute approximate surface area is 112 Å². The van der Waals surface area contributed by atoms with Crippen LogP contribution in [0.3, 0.4) is 0 Å². The summed E-state index contributed by atoms with van der Waals surface area (Å²) in [6.07, 6.45) is 0. The summed E-state index contributed by atoms with van der Waals surface area (Å²) in [7, 11) is 0. The molecule has 0 fully saturated rings. The van der Waals surface area contributed by atoms with Crippen molar-refractivity contribution in [1.82, 2.24) is 0 Å². The minimum absolute atomic E-state index is 0.224. The van der Waals surface area contributed by atoms with Crippen molar-refractivity contribution in [3.63, 3.8) is 0 Å². The van der Waals surface area contributed by atoms with E-state index in [2.05, 4.69) is 15.9 Å². The first-order chi connectivity index (χ1) is 8.61. The highest BCUT2D eigenvalue weighted by atomic mass is 79.9. The number of rotatable bonds is 3. The van der Waals surface area contributed by atoms with Crippen LogP contribution in [0, 0.1) is 11.6 Å². The highest BCUT2D eigenvalue weighted by Gasteiger charge is 2.09. The number of hydrogen-bond donors (Lipinski definition) is 1. The SMILES string of the molecule is NCc1c(Br)cccc1Oc1ccc(F)c(F)c1. The summed E-state index contributed by atoms with van der Waals surface area (Å²) in [6, 6.07) is 8.70. The summed E-state index contributed by atoms with van der Waals surface area (Å²) in [6.45, 7) is 0.278. The molecule has 0 atom stereocenters. The number of ether oxygens (including phenoxy) is 1. The molecule has 5 heteroatoms. The lowest BCUT2D eigenvalue weighted by Gasteiger charge is -2.11. The van der Waals surface area contributed by atoms with Gasteiger partial charge in [-0.2, -0.15) is 0 Å². The summed E-state index contributed by atoms with van der Waals surface area (Å²) in [5.74, 6) is -1.12. The Kier molecular flexibility index (Phi) is 3.93. The fourth-order valence-electron chi connectivity index (χ4n) is 1.50. The molecule has 0 aromatic heterocycles. The maximum Gasteiger partial charge on any atom is 0.162 e. The first-order valence-corrected chi connectivity index (χ1v) is 6.01. The number of nitrogens with two attached hydrogens (primary N) is 1. The van der Waals surface area contributed by atoms with Crippen LogP contribution in [-0.2, 0) is 6.54 Å². The summed E-state index contributed by atoms with van der Waals surface area (Å²) >= 11 is 3.35. The zero-order chi connectivity index (χ0) is 13.1. The van der Waals surface area contributed by atoms with Crippen molar-refractivity contribution < 1.29 is 13.5 Å². The highest BCUT2D eigenvalue weighted by Crippen LogP contribution is 2.30. The minimum atomic E-state index is -0.947. The lowest BCUT2D eigenvalue weighted by atomic mass is 10.2. The molecule has 2 rings (SSSR count). The Balaban J connectivity index is 2.34. The highest BCUT2D eigenvalue weighted by molar-refractivity contribution is 9.10. The van der Waals surface area contributed by atoms with E-state index in [1.165, 1.54) is 6.07 Å². The molecule has 0 heterocycles. The Morgan fingerprint density at radius 3 is 2.56 bits per heavy atom. The van der Waals surface area contributed by atoms with Crippen LogP contribution in [0.2, 0.25) is 0 Å². The molecule has 0 aliphatic carbocycles. The van der Waals surface area contributed by atoms with Crippen molar-refractivity contribution in [2.75, 3.05) is 0 Å². The zero-order valence-electron chi connectivity index (χ0n) is 9.29. The minimum Gasteiger partial charge on any atom is -0.457 e. The lowest BCUT2D eigenvalue weighted by Crippen LogP contribution is -2.00. The number of benzene rings is 2. The molecule has 2 aromatic rings.